The van der Waals surface area contributed by atoms with Gasteiger partial charge in [0.25, 0.3) is 0 Å². The van der Waals surface area contributed by atoms with E-state index in [0.29, 0.717) is 26.4 Å². The predicted octanol–water partition coefficient (Wildman–Crippen LogP) is -1.36. The second-order valence-electron chi connectivity index (χ2n) is 2.31. The van der Waals surface area contributed by atoms with Crippen LogP contribution in [0.4, 0.5) is 0 Å². The normalized spacial score (nSPS) is 25.1. The van der Waals surface area contributed by atoms with Gasteiger partial charge in [0.2, 0.25) is 0 Å². The Hall–Kier alpha value is -0.0701. The quantitative estimate of drug-likeness (QED) is 0.501. The van der Waals surface area contributed by atoms with Crippen molar-refractivity contribution in [2.45, 2.75) is 0 Å². The number of rotatable bonds is 2. The summed E-state index contributed by atoms with van der Waals surface area (Å²) in [5.41, 5.74) is 0. The third-order valence-electron chi connectivity index (χ3n) is 1.52. The summed E-state index contributed by atoms with van der Waals surface area (Å²) < 4.78 is 20.5. The van der Waals surface area contributed by atoms with Gasteiger partial charge >= 0.3 is 14.5 Å². The van der Waals surface area contributed by atoms with E-state index in [2.05, 4.69) is 5.14 Å². The molecule has 0 aromatic rings. The topological polar surface area (TPSA) is 49.0 Å². The molecule has 2 rings (SSSR count). The molecule has 5 nitrogen and oxygen atoms in total. The van der Waals surface area contributed by atoms with Crippen LogP contribution in [0.2, 0.25) is 0 Å². The summed E-state index contributed by atoms with van der Waals surface area (Å²) in [6.45, 7) is 2.52. The lowest BCUT2D eigenvalue weighted by Gasteiger charge is -2.06. The molecule has 0 saturated carbocycles. The molecule has 2 aliphatic heterocycles. The molecule has 0 aromatic heterocycles. The van der Waals surface area contributed by atoms with Crippen LogP contribution in [0.3, 0.4) is 0 Å². The molecular weight excluding hydrogens is 148 g/mol. The van der Waals surface area contributed by atoms with Crippen LogP contribution >= 0.6 is 0 Å². The van der Waals surface area contributed by atoms with E-state index in [4.69, 9.17) is 18.6 Å². The van der Waals surface area contributed by atoms with E-state index in [0.717, 1.165) is 0 Å². The first-order valence-corrected chi connectivity index (χ1v) is 3.67. The van der Waals surface area contributed by atoms with Gasteiger partial charge in [-0.05, 0) is 0 Å². The van der Waals surface area contributed by atoms with Gasteiger partial charge in [-0.2, -0.15) is 0 Å². The molecule has 1 N–H and O–H groups in total. The zero-order valence-corrected chi connectivity index (χ0v) is 6.12. The van der Waals surface area contributed by atoms with Gasteiger partial charge in [0.05, 0.1) is 26.4 Å². The molecule has 11 heavy (non-hydrogen) atoms. The van der Waals surface area contributed by atoms with Crippen LogP contribution in [-0.2, 0) is 18.6 Å². The molecule has 2 saturated heterocycles. The van der Waals surface area contributed by atoms with Gasteiger partial charge in [0, 0.05) is 0 Å². The molecule has 0 spiro atoms. The van der Waals surface area contributed by atoms with Gasteiger partial charge < -0.3 is 18.6 Å². The lowest BCUT2D eigenvalue weighted by atomic mass is 9.97. The Bertz CT molecular complexity index is 111. The maximum atomic E-state index is 5.12. The first-order chi connectivity index (χ1) is 5.45. The molecule has 60 valence electrons. The van der Waals surface area contributed by atoms with Crippen molar-refractivity contribution in [3.63, 3.8) is 0 Å². The molecule has 2 heterocycles. The Balaban J connectivity index is 1.71. The van der Waals surface area contributed by atoms with Crippen molar-refractivity contribution in [1.29, 1.82) is 0 Å². The minimum Gasteiger partial charge on any atom is -0.395 e. The molecular formula is C4H9B2NO4. The van der Waals surface area contributed by atoms with Gasteiger partial charge in [0.1, 0.15) is 0 Å². The second-order valence-corrected chi connectivity index (χ2v) is 2.31. The monoisotopic (exact) mass is 157 g/mol. The van der Waals surface area contributed by atoms with Crippen LogP contribution in [-0.4, -0.2) is 40.9 Å². The van der Waals surface area contributed by atoms with Crippen LogP contribution < -0.4 is 5.14 Å². The molecule has 2 fully saturated rings. The summed E-state index contributed by atoms with van der Waals surface area (Å²) in [6, 6.07) is 0. The van der Waals surface area contributed by atoms with Gasteiger partial charge in [-0.1, -0.05) is 0 Å². The van der Waals surface area contributed by atoms with Crippen molar-refractivity contribution in [2.75, 3.05) is 26.4 Å². The van der Waals surface area contributed by atoms with Gasteiger partial charge in [-0.25, -0.2) is 0 Å². The van der Waals surface area contributed by atoms with Crippen molar-refractivity contribution in [2.24, 2.45) is 0 Å². The van der Waals surface area contributed by atoms with E-state index in [1.807, 2.05) is 0 Å². The summed E-state index contributed by atoms with van der Waals surface area (Å²) in [7, 11) is -0.726. The Labute approximate surface area is 65.7 Å². The molecule has 0 bridgehead atoms. The number of hydrogen-bond donors (Lipinski definition) is 1. The molecule has 0 aliphatic carbocycles. The Morgan fingerprint density at radius 3 is 1.45 bits per heavy atom. The Kier molecular flexibility index (Phi) is 2.45. The van der Waals surface area contributed by atoms with Crippen LogP contribution in [0.1, 0.15) is 0 Å². The lowest BCUT2D eigenvalue weighted by Crippen LogP contribution is -2.47. The Morgan fingerprint density at radius 2 is 1.09 bits per heavy atom. The highest BCUT2D eigenvalue weighted by Gasteiger charge is 2.34. The van der Waals surface area contributed by atoms with E-state index in [9.17, 15) is 0 Å². The SMILES string of the molecule is C1COB(NB2OCCO2)O1. The fourth-order valence-electron chi connectivity index (χ4n) is 1.02. The van der Waals surface area contributed by atoms with E-state index in [1.165, 1.54) is 0 Å². The molecule has 0 aromatic carbocycles. The highest BCUT2D eigenvalue weighted by molar-refractivity contribution is 6.60. The van der Waals surface area contributed by atoms with Crippen LogP contribution in [0, 0.1) is 0 Å². The Morgan fingerprint density at radius 1 is 0.727 bits per heavy atom. The van der Waals surface area contributed by atoms with E-state index in [1.54, 1.807) is 0 Å². The van der Waals surface area contributed by atoms with Gasteiger partial charge in [-0.3, -0.25) is 5.14 Å². The van der Waals surface area contributed by atoms with Gasteiger partial charge in [-0.15, -0.1) is 0 Å². The average Bonchev–Trinajstić information content (AvgIpc) is 2.60. The average molecular weight is 157 g/mol. The minimum absolute atomic E-state index is 0.363. The fourth-order valence-corrected chi connectivity index (χ4v) is 1.02. The molecule has 7 heteroatoms. The summed E-state index contributed by atoms with van der Waals surface area (Å²) in [4.78, 5) is 0. The number of nitrogens with one attached hydrogen (secondary N) is 1. The van der Waals surface area contributed by atoms with E-state index >= 15 is 0 Å². The summed E-state index contributed by atoms with van der Waals surface area (Å²) in [6.07, 6.45) is 0. The fraction of sp³-hybridized carbons (Fsp3) is 1.00. The van der Waals surface area contributed by atoms with Crippen molar-refractivity contribution in [1.82, 2.24) is 5.14 Å². The number of hydrogen-bond acceptors (Lipinski definition) is 5. The largest absolute Gasteiger partial charge is 0.547 e. The summed E-state index contributed by atoms with van der Waals surface area (Å²) in [5, 5.41) is 2.89. The first-order valence-electron chi connectivity index (χ1n) is 3.67. The van der Waals surface area contributed by atoms with Crippen molar-refractivity contribution < 1.29 is 18.6 Å². The van der Waals surface area contributed by atoms with E-state index < -0.39 is 0 Å². The highest BCUT2D eigenvalue weighted by atomic mass is 16.7. The van der Waals surface area contributed by atoms with Crippen molar-refractivity contribution >= 4 is 14.5 Å². The molecule has 0 amide bonds. The summed E-state index contributed by atoms with van der Waals surface area (Å²) >= 11 is 0. The molecule has 0 atom stereocenters. The lowest BCUT2D eigenvalue weighted by molar-refractivity contribution is 0.333. The standard InChI is InChI=1S/C4H9B2NO4/c1-2-9-5(8-1)7-6-10-3-4-11-6/h7H,1-4H2. The second kappa shape index (κ2) is 3.55. The third kappa shape index (κ3) is 1.94. The molecule has 0 unspecified atom stereocenters. The zero-order chi connectivity index (χ0) is 7.52. The highest BCUT2D eigenvalue weighted by Crippen LogP contribution is 2.00. The van der Waals surface area contributed by atoms with Gasteiger partial charge in [0.15, 0.2) is 0 Å². The third-order valence-corrected chi connectivity index (χ3v) is 1.52. The maximum Gasteiger partial charge on any atom is 0.547 e. The molecule has 0 radical (unpaired) electrons. The minimum atomic E-state index is -0.363. The van der Waals surface area contributed by atoms with Crippen LogP contribution in [0.25, 0.3) is 0 Å². The molecule has 2 aliphatic rings. The maximum absolute atomic E-state index is 5.12. The first kappa shape index (κ1) is 7.57. The van der Waals surface area contributed by atoms with Crippen molar-refractivity contribution in [3.05, 3.63) is 0 Å². The zero-order valence-electron chi connectivity index (χ0n) is 6.12. The van der Waals surface area contributed by atoms with E-state index in [-0.39, 0.29) is 14.5 Å². The smallest absolute Gasteiger partial charge is 0.395 e. The van der Waals surface area contributed by atoms with Crippen LogP contribution in [0.15, 0.2) is 0 Å². The van der Waals surface area contributed by atoms with Crippen LogP contribution in [0.5, 0.6) is 0 Å². The summed E-state index contributed by atoms with van der Waals surface area (Å²) in [5.74, 6) is 0. The predicted molar refractivity (Wildman–Crippen MR) is 38.5 cm³/mol. The van der Waals surface area contributed by atoms with Crippen molar-refractivity contribution in [3.8, 4) is 0 Å².